The molecular weight excluding hydrogens is 444 g/mol. The number of nitrogens with zero attached hydrogens (tertiary/aromatic N) is 1. The van der Waals surface area contributed by atoms with E-state index in [1.54, 1.807) is 43.9 Å². The number of carbonyl (C=O) groups excluding carboxylic acids is 3. The Morgan fingerprint density at radius 1 is 1.06 bits per heavy atom. The van der Waals surface area contributed by atoms with E-state index in [1.807, 2.05) is 37.3 Å². The molecule has 8 nitrogen and oxygen atoms in total. The maximum Gasteiger partial charge on any atom is 0.338 e. The number of amides is 4. The highest BCUT2D eigenvalue weighted by atomic mass is 16.5. The van der Waals surface area contributed by atoms with Crippen LogP contribution in [0, 0.1) is 0 Å². The summed E-state index contributed by atoms with van der Waals surface area (Å²) in [5.41, 5.74) is 4.01. The zero-order chi connectivity index (χ0) is 25.5. The third-order valence-electron chi connectivity index (χ3n) is 5.70. The Bertz CT molecular complexity index is 1110. The second-order valence-corrected chi connectivity index (χ2v) is 8.74. The predicted molar refractivity (Wildman–Crippen MR) is 137 cm³/mol. The molecule has 0 spiro atoms. The van der Waals surface area contributed by atoms with Crippen LogP contribution < -0.4 is 16.0 Å². The molecule has 0 radical (unpaired) electrons. The van der Waals surface area contributed by atoms with Crippen LogP contribution in [0.5, 0.6) is 0 Å². The third kappa shape index (κ3) is 6.41. The Balaban J connectivity index is 1.85. The summed E-state index contributed by atoms with van der Waals surface area (Å²) in [6.07, 6.45) is 1.37. The Kier molecular flexibility index (Phi) is 8.52. The Morgan fingerprint density at radius 2 is 1.74 bits per heavy atom. The zero-order valence-electron chi connectivity index (χ0n) is 21.0. The highest BCUT2D eigenvalue weighted by Gasteiger charge is 2.36. The molecule has 1 aliphatic rings. The summed E-state index contributed by atoms with van der Waals surface area (Å²) in [5, 5.41) is 8.57. The summed E-state index contributed by atoms with van der Waals surface area (Å²) < 4.78 is 5.50. The third-order valence-corrected chi connectivity index (χ3v) is 5.70. The van der Waals surface area contributed by atoms with Gasteiger partial charge in [-0.25, -0.2) is 14.4 Å². The lowest BCUT2D eigenvalue weighted by molar-refractivity contribution is -0.143. The molecule has 2 aromatic carbocycles. The molecule has 0 bridgehead atoms. The van der Waals surface area contributed by atoms with Crippen molar-refractivity contribution in [1.29, 1.82) is 0 Å². The number of allylic oxidation sites excluding steroid dienone is 1. The quantitative estimate of drug-likeness (QED) is 0.430. The summed E-state index contributed by atoms with van der Waals surface area (Å²) in [4.78, 5) is 40.0. The average Bonchev–Trinajstić information content (AvgIpc) is 2.81. The maximum atomic E-state index is 13.0. The van der Waals surface area contributed by atoms with Crippen LogP contribution in [-0.2, 0) is 16.0 Å². The van der Waals surface area contributed by atoms with E-state index in [9.17, 15) is 14.4 Å². The maximum absolute atomic E-state index is 13.0. The summed E-state index contributed by atoms with van der Waals surface area (Å²) in [7, 11) is 0. The molecule has 0 saturated heterocycles. The fraction of sp³-hybridized carbons (Fsp3) is 0.370. The van der Waals surface area contributed by atoms with Crippen molar-refractivity contribution >= 4 is 29.4 Å². The average molecular weight is 479 g/mol. The normalized spacial score (nSPS) is 15.7. The van der Waals surface area contributed by atoms with E-state index in [4.69, 9.17) is 4.74 Å². The van der Waals surface area contributed by atoms with Crippen molar-refractivity contribution < 1.29 is 19.1 Å². The van der Waals surface area contributed by atoms with Crippen molar-refractivity contribution in [2.45, 2.75) is 59.6 Å². The lowest BCUT2D eigenvalue weighted by Crippen LogP contribution is -2.48. The van der Waals surface area contributed by atoms with Crippen molar-refractivity contribution in [3.8, 4) is 0 Å². The highest BCUT2D eigenvalue weighted by molar-refractivity contribution is 6.00. The molecular formula is C27H34N4O4. The number of hydrogen-bond donors (Lipinski definition) is 3. The van der Waals surface area contributed by atoms with Gasteiger partial charge in [-0.15, -0.1) is 0 Å². The first-order valence-electron chi connectivity index (χ1n) is 12.0. The molecule has 3 N–H and O–H groups in total. The van der Waals surface area contributed by atoms with Crippen molar-refractivity contribution in [2.75, 3.05) is 17.2 Å². The molecule has 186 valence electrons. The highest BCUT2D eigenvalue weighted by Crippen LogP contribution is 2.32. The van der Waals surface area contributed by atoms with E-state index in [2.05, 4.69) is 22.9 Å². The number of nitrogens with one attached hydrogen (secondary N) is 3. The van der Waals surface area contributed by atoms with Crippen LogP contribution in [0.2, 0.25) is 0 Å². The SMILES string of the molecule is CCCN1C(=O)NC(c2cccc(NC(=O)Nc3ccc(CC)cc3)c2)C(C(=O)OC(C)C)=C1C. The van der Waals surface area contributed by atoms with Gasteiger partial charge < -0.3 is 20.7 Å². The standard InChI is InChI=1S/C27H34N4O4/c1-6-15-31-18(5)23(25(32)35-17(3)4)24(30-27(31)34)20-9-8-10-22(16-20)29-26(33)28-21-13-11-19(7-2)12-14-21/h8-14,16-17,24H,6-7,15H2,1-5H3,(H,30,34)(H2,28,29,33). The molecule has 2 aromatic rings. The van der Waals surface area contributed by atoms with E-state index in [0.29, 0.717) is 34.8 Å². The number of carbonyl (C=O) groups is 3. The van der Waals surface area contributed by atoms with Gasteiger partial charge in [0, 0.05) is 23.6 Å². The number of esters is 1. The van der Waals surface area contributed by atoms with Crippen molar-refractivity contribution in [3.05, 3.63) is 70.9 Å². The second-order valence-electron chi connectivity index (χ2n) is 8.74. The molecule has 1 unspecified atom stereocenters. The van der Waals surface area contributed by atoms with Crippen LogP contribution in [-0.4, -0.2) is 35.6 Å². The first-order valence-corrected chi connectivity index (χ1v) is 12.0. The minimum Gasteiger partial charge on any atom is -0.459 e. The summed E-state index contributed by atoms with van der Waals surface area (Å²) in [5.74, 6) is -0.477. The van der Waals surface area contributed by atoms with Crippen LogP contribution >= 0.6 is 0 Å². The van der Waals surface area contributed by atoms with Gasteiger partial charge in [-0.3, -0.25) is 4.90 Å². The van der Waals surface area contributed by atoms with Crippen LogP contribution in [0.3, 0.4) is 0 Å². The molecule has 8 heteroatoms. The molecule has 0 aromatic heterocycles. The predicted octanol–water partition coefficient (Wildman–Crippen LogP) is 5.59. The van der Waals surface area contributed by atoms with E-state index in [-0.39, 0.29) is 18.2 Å². The van der Waals surface area contributed by atoms with E-state index in [0.717, 1.165) is 12.8 Å². The number of rotatable bonds is 8. The Morgan fingerprint density at radius 3 is 2.37 bits per heavy atom. The van der Waals surface area contributed by atoms with Gasteiger partial charge in [0.15, 0.2) is 0 Å². The molecule has 0 fully saturated rings. The molecule has 3 rings (SSSR count). The lowest BCUT2D eigenvalue weighted by Gasteiger charge is -2.35. The number of hydrogen-bond acceptors (Lipinski definition) is 4. The largest absolute Gasteiger partial charge is 0.459 e. The molecule has 1 atom stereocenters. The van der Waals surface area contributed by atoms with Crippen molar-refractivity contribution in [3.63, 3.8) is 0 Å². The Hall–Kier alpha value is -3.81. The van der Waals surface area contributed by atoms with Crippen molar-refractivity contribution in [1.82, 2.24) is 10.2 Å². The summed E-state index contributed by atoms with van der Waals surface area (Å²) >= 11 is 0. The number of ether oxygens (including phenoxy) is 1. The topological polar surface area (TPSA) is 99.8 Å². The lowest BCUT2D eigenvalue weighted by atomic mass is 9.94. The fourth-order valence-corrected chi connectivity index (χ4v) is 3.98. The first kappa shape index (κ1) is 25.8. The molecule has 35 heavy (non-hydrogen) atoms. The van der Waals surface area contributed by atoms with Gasteiger partial charge in [-0.05, 0) is 69.0 Å². The molecule has 1 aliphatic heterocycles. The van der Waals surface area contributed by atoms with Gasteiger partial charge in [0.1, 0.15) is 0 Å². The van der Waals surface area contributed by atoms with Crippen molar-refractivity contribution in [2.24, 2.45) is 0 Å². The van der Waals surface area contributed by atoms with E-state index < -0.39 is 12.0 Å². The Labute approximate surface area is 206 Å². The van der Waals surface area contributed by atoms with Gasteiger partial charge in [0.2, 0.25) is 0 Å². The van der Waals surface area contributed by atoms with E-state index >= 15 is 0 Å². The summed E-state index contributed by atoms with van der Waals surface area (Å²) in [6.45, 7) is 9.86. The molecule has 4 amide bonds. The van der Waals surface area contributed by atoms with Crippen LogP contribution in [0.25, 0.3) is 0 Å². The number of urea groups is 2. The minimum absolute atomic E-state index is 0.276. The monoisotopic (exact) mass is 478 g/mol. The van der Waals surface area contributed by atoms with Crippen LogP contribution in [0.1, 0.15) is 58.2 Å². The smallest absolute Gasteiger partial charge is 0.338 e. The number of aryl methyl sites for hydroxylation is 1. The van der Waals surface area contributed by atoms with Gasteiger partial charge in [-0.2, -0.15) is 0 Å². The van der Waals surface area contributed by atoms with Gasteiger partial charge in [-0.1, -0.05) is 38.1 Å². The van der Waals surface area contributed by atoms with Crippen LogP contribution in [0.15, 0.2) is 59.8 Å². The zero-order valence-corrected chi connectivity index (χ0v) is 21.0. The first-order chi connectivity index (χ1) is 16.7. The van der Waals surface area contributed by atoms with Gasteiger partial charge in [0.05, 0.1) is 17.7 Å². The summed E-state index contributed by atoms with van der Waals surface area (Å²) in [6, 6.07) is 13.4. The fourth-order valence-electron chi connectivity index (χ4n) is 3.98. The molecule has 0 saturated carbocycles. The van der Waals surface area contributed by atoms with Gasteiger partial charge >= 0.3 is 18.0 Å². The minimum atomic E-state index is -0.701. The number of benzene rings is 2. The van der Waals surface area contributed by atoms with Crippen LogP contribution in [0.4, 0.5) is 21.0 Å². The second kappa shape index (κ2) is 11.6. The molecule has 1 heterocycles. The number of anilines is 2. The van der Waals surface area contributed by atoms with E-state index in [1.165, 1.54) is 5.56 Å². The molecule has 0 aliphatic carbocycles. The van der Waals surface area contributed by atoms with Gasteiger partial charge in [0.25, 0.3) is 0 Å².